The van der Waals surface area contributed by atoms with Gasteiger partial charge in [-0.05, 0) is 12.5 Å². The van der Waals surface area contributed by atoms with Gasteiger partial charge >= 0.3 is 12.0 Å². The maximum absolute atomic E-state index is 12.2. The number of carboxylic acid groups (broad SMARTS) is 1. The first-order chi connectivity index (χ1) is 9.45. The first-order valence-corrected chi connectivity index (χ1v) is 6.73. The molecule has 5 nitrogen and oxygen atoms in total. The minimum atomic E-state index is -0.796. The lowest BCUT2D eigenvalue weighted by Gasteiger charge is -2.40. The highest BCUT2D eigenvalue weighted by Crippen LogP contribution is 2.21. The number of carboxylic acids is 1. The van der Waals surface area contributed by atoms with Crippen LogP contribution in [-0.4, -0.2) is 47.0 Å². The van der Waals surface area contributed by atoms with Crippen LogP contribution in [0.15, 0.2) is 24.3 Å². The largest absolute Gasteiger partial charge is 0.481 e. The van der Waals surface area contributed by atoms with Crippen LogP contribution >= 0.6 is 0 Å². The topological polar surface area (TPSA) is 60.9 Å². The molecule has 1 aromatic rings. The lowest BCUT2D eigenvalue weighted by atomic mass is 9.97. The Morgan fingerprint density at radius 3 is 2.70 bits per heavy atom. The summed E-state index contributed by atoms with van der Waals surface area (Å²) in [5.41, 5.74) is 2.28. The summed E-state index contributed by atoms with van der Waals surface area (Å²) in [7, 11) is 1.77. The Hall–Kier alpha value is -2.04. The number of rotatable bonds is 4. The zero-order valence-electron chi connectivity index (χ0n) is 11.9. The van der Waals surface area contributed by atoms with Crippen molar-refractivity contribution in [2.75, 3.05) is 20.1 Å². The molecule has 20 heavy (non-hydrogen) atoms. The molecule has 0 bridgehead atoms. The monoisotopic (exact) mass is 276 g/mol. The second kappa shape index (κ2) is 5.94. The molecule has 0 atom stereocenters. The Labute approximate surface area is 118 Å². The minimum Gasteiger partial charge on any atom is -0.481 e. The third-order valence-corrected chi connectivity index (χ3v) is 3.52. The van der Waals surface area contributed by atoms with Gasteiger partial charge in [0.2, 0.25) is 0 Å². The number of hydrogen-bond donors (Lipinski definition) is 1. The summed E-state index contributed by atoms with van der Waals surface area (Å²) in [5, 5.41) is 8.69. The molecule has 5 heteroatoms. The average molecular weight is 276 g/mol. The number of urea groups is 1. The Morgan fingerprint density at radius 2 is 2.10 bits per heavy atom. The standard InChI is InChI=1S/C15H20N2O3/c1-11-4-3-5-12(6-11)8-16(2)15(20)17-9-13(10-17)7-14(18)19/h3-6,13H,7-10H2,1-2H3,(H,18,19). The van der Waals surface area contributed by atoms with E-state index >= 15 is 0 Å². The lowest BCUT2D eigenvalue weighted by molar-refractivity contribution is -0.139. The van der Waals surface area contributed by atoms with Crippen LogP contribution < -0.4 is 0 Å². The third-order valence-electron chi connectivity index (χ3n) is 3.52. The van der Waals surface area contributed by atoms with Gasteiger partial charge in [0.1, 0.15) is 0 Å². The van der Waals surface area contributed by atoms with Crippen molar-refractivity contribution in [3.8, 4) is 0 Å². The predicted octanol–water partition coefficient (Wildman–Crippen LogP) is 1.95. The summed E-state index contributed by atoms with van der Waals surface area (Å²) >= 11 is 0. The molecule has 0 radical (unpaired) electrons. The number of hydrogen-bond acceptors (Lipinski definition) is 2. The fourth-order valence-electron chi connectivity index (χ4n) is 2.50. The van der Waals surface area contributed by atoms with Crippen LogP contribution in [0.4, 0.5) is 4.79 Å². The predicted molar refractivity (Wildman–Crippen MR) is 75.4 cm³/mol. The first-order valence-electron chi connectivity index (χ1n) is 6.73. The summed E-state index contributed by atoms with van der Waals surface area (Å²) in [6.45, 7) is 3.68. The van der Waals surface area contributed by atoms with Crippen molar-refractivity contribution >= 4 is 12.0 Å². The van der Waals surface area contributed by atoms with Gasteiger partial charge in [-0.2, -0.15) is 0 Å². The highest BCUT2D eigenvalue weighted by atomic mass is 16.4. The molecule has 1 heterocycles. The fourth-order valence-corrected chi connectivity index (χ4v) is 2.50. The molecule has 0 spiro atoms. The van der Waals surface area contributed by atoms with E-state index in [4.69, 9.17) is 5.11 Å². The highest BCUT2D eigenvalue weighted by molar-refractivity contribution is 5.75. The molecule has 0 aliphatic carbocycles. The average Bonchev–Trinajstić information content (AvgIpc) is 2.32. The lowest BCUT2D eigenvalue weighted by Crippen LogP contribution is -2.54. The van der Waals surface area contributed by atoms with Crippen molar-refractivity contribution in [1.82, 2.24) is 9.80 Å². The number of amides is 2. The van der Waals surface area contributed by atoms with E-state index in [1.165, 1.54) is 5.56 Å². The van der Waals surface area contributed by atoms with E-state index in [2.05, 4.69) is 6.07 Å². The molecule has 1 N–H and O–H groups in total. The molecular weight excluding hydrogens is 256 g/mol. The minimum absolute atomic E-state index is 0.0341. The van der Waals surface area contributed by atoms with Gasteiger partial charge in [-0.25, -0.2) is 4.79 Å². The third kappa shape index (κ3) is 3.50. The first kappa shape index (κ1) is 14.4. The number of aliphatic carboxylic acids is 1. The van der Waals surface area contributed by atoms with Crippen LogP contribution in [0.3, 0.4) is 0 Å². The Balaban J connectivity index is 1.83. The maximum atomic E-state index is 12.2. The molecule has 1 saturated heterocycles. The number of benzene rings is 1. The van der Waals surface area contributed by atoms with Gasteiger partial charge in [0.25, 0.3) is 0 Å². The van der Waals surface area contributed by atoms with E-state index in [1.54, 1.807) is 16.8 Å². The van der Waals surface area contributed by atoms with Gasteiger partial charge in [-0.1, -0.05) is 29.8 Å². The van der Waals surface area contributed by atoms with Gasteiger partial charge < -0.3 is 14.9 Å². The number of aryl methyl sites for hydroxylation is 1. The van der Waals surface area contributed by atoms with Crippen molar-refractivity contribution in [2.24, 2.45) is 5.92 Å². The molecular formula is C15H20N2O3. The van der Waals surface area contributed by atoms with Crippen molar-refractivity contribution < 1.29 is 14.7 Å². The molecule has 1 fully saturated rings. The van der Waals surface area contributed by atoms with Crippen LogP contribution in [0.25, 0.3) is 0 Å². The normalized spacial score (nSPS) is 14.8. The van der Waals surface area contributed by atoms with Gasteiger partial charge in [-0.3, -0.25) is 4.79 Å². The van der Waals surface area contributed by atoms with Crippen molar-refractivity contribution in [1.29, 1.82) is 0 Å². The molecule has 1 aromatic carbocycles. The smallest absolute Gasteiger partial charge is 0.320 e. The van der Waals surface area contributed by atoms with Crippen LogP contribution in [0.5, 0.6) is 0 Å². The van der Waals surface area contributed by atoms with Crippen LogP contribution in [-0.2, 0) is 11.3 Å². The molecule has 2 rings (SSSR count). The van der Waals surface area contributed by atoms with Crippen molar-refractivity contribution in [3.63, 3.8) is 0 Å². The van der Waals surface area contributed by atoms with Crippen molar-refractivity contribution in [3.05, 3.63) is 35.4 Å². The van der Waals surface area contributed by atoms with Gasteiger partial charge in [0, 0.05) is 32.6 Å². The second-order valence-corrected chi connectivity index (χ2v) is 5.50. The SMILES string of the molecule is Cc1cccc(CN(C)C(=O)N2CC(CC(=O)O)C2)c1. The number of likely N-dealkylation sites (tertiary alicyclic amines) is 1. The summed E-state index contributed by atoms with van der Waals surface area (Å²) < 4.78 is 0. The highest BCUT2D eigenvalue weighted by Gasteiger charge is 2.33. The number of nitrogens with zero attached hydrogens (tertiary/aromatic N) is 2. The molecule has 1 aliphatic rings. The zero-order chi connectivity index (χ0) is 14.7. The Bertz CT molecular complexity index is 510. The Morgan fingerprint density at radius 1 is 1.40 bits per heavy atom. The van der Waals surface area contributed by atoms with Crippen LogP contribution in [0, 0.1) is 12.8 Å². The van der Waals surface area contributed by atoms with Crippen LogP contribution in [0.1, 0.15) is 17.5 Å². The zero-order valence-corrected chi connectivity index (χ0v) is 11.9. The quantitative estimate of drug-likeness (QED) is 0.914. The van der Waals surface area contributed by atoms with E-state index in [-0.39, 0.29) is 18.4 Å². The van der Waals surface area contributed by atoms with E-state index in [9.17, 15) is 9.59 Å². The number of carbonyl (C=O) groups excluding carboxylic acids is 1. The van der Waals surface area contributed by atoms with Crippen LogP contribution in [0.2, 0.25) is 0 Å². The van der Waals surface area contributed by atoms with E-state index < -0.39 is 5.97 Å². The van der Waals surface area contributed by atoms with Gasteiger partial charge in [0.15, 0.2) is 0 Å². The maximum Gasteiger partial charge on any atom is 0.320 e. The van der Waals surface area contributed by atoms with Gasteiger partial charge in [-0.15, -0.1) is 0 Å². The second-order valence-electron chi connectivity index (χ2n) is 5.50. The molecule has 0 unspecified atom stereocenters. The molecule has 1 aliphatic heterocycles. The van der Waals surface area contributed by atoms with Gasteiger partial charge in [0.05, 0.1) is 6.42 Å². The summed E-state index contributed by atoms with van der Waals surface area (Å²) in [4.78, 5) is 26.1. The van der Waals surface area contributed by atoms with E-state index in [0.717, 1.165) is 5.56 Å². The van der Waals surface area contributed by atoms with E-state index in [1.807, 2.05) is 25.1 Å². The molecule has 0 aromatic heterocycles. The van der Waals surface area contributed by atoms with E-state index in [0.29, 0.717) is 19.6 Å². The molecule has 108 valence electrons. The fraction of sp³-hybridized carbons (Fsp3) is 0.467. The summed E-state index contributed by atoms with van der Waals surface area (Å²) in [5.74, 6) is -0.695. The number of carbonyl (C=O) groups is 2. The molecule has 2 amide bonds. The summed E-state index contributed by atoms with van der Waals surface area (Å²) in [6, 6.07) is 8.04. The van der Waals surface area contributed by atoms with Crippen molar-refractivity contribution in [2.45, 2.75) is 19.9 Å². The Kier molecular flexibility index (Phi) is 4.27. The summed E-state index contributed by atoms with van der Waals surface area (Å²) in [6.07, 6.45) is 0.144. The molecule has 0 saturated carbocycles.